The summed E-state index contributed by atoms with van der Waals surface area (Å²) < 4.78 is 13.5. The van der Waals surface area contributed by atoms with Crippen molar-refractivity contribution < 1.29 is 9.18 Å². The molecular formula is C24H20FN5O. The van der Waals surface area contributed by atoms with Gasteiger partial charge in [0.05, 0.1) is 5.56 Å². The van der Waals surface area contributed by atoms with Crippen LogP contribution in [0.15, 0.2) is 73.2 Å². The first-order chi connectivity index (χ1) is 15.2. The second-order valence-corrected chi connectivity index (χ2v) is 7.37. The molecule has 0 atom stereocenters. The normalized spacial score (nSPS) is 13.8. The highest BCUT2D eigenvalue weighted by Gasteiger charge is 2.23. The van der Waals surface area contributed by atoms with Crippen molar-refractivity contribution in [2.45, 2.75) is 6.42 Å². The van der Waals surface area contributed by atoms with Gasteiger partial charge in [0.25, 0.3) is 5.91 Å². The van der Waals surface area contributed by atoms with Gasteiger partial charge in [-0.1, -0.05) is 12.1 Å². The number of pyridine rings is 2. The van der Waals surface area contributed by atoms with Crippen molar-refractivity contribution >= 4 is 34.0 Å². The van der Waals surface area contributed by atoms with Gasteiger partial charge in [0.2, 0.25) is 0 Å². The summed E-state index contributed by atoms with van der Waals surface area (Å²) in [6.07, 6.45) is 8.19. The molecule has 154 valence electrons. The molecule has 0 bridgehead atoms. The van der Waals surface area contributed by atoms with Crippen LogP contribution in [0.4, 0.5) is 15.9 Å². The minimum Gasteiger partial charge on any atom is -0.346 e. The Balaban J connectivity index is 1.36. The van der Waals surface area contributed by atoms with Gasteiger partial charge in [0.15, 0.2) is 0 Å². The average molecular weight is 413 g/mol. The molecule has 0 saturated carbocycles. The molecule has 4 heterocycles. The number of nitrogens with one attached hydrogen (secondary N) is 2. The van der Waals surface area contributed by atoms with E-state index in [4.69, 9.17) is 0 Å². The van der Waals surface area contributed by atoms with Crippen LogP contribution >= 0.6 is 0 Å². The van der Waals surface area contributed by atoms with Crippen LogP contribution in [0.3, 0.4) is 0 Å². The summed E-state index contributed by atoms with van der Waals surface area (Å²) in [4.78, 5) is 26.9. The molecule has 0 unspecified atom stereocenters. The Bertz CT molecular complexity index is 1300. The fraction of sp³-hybridized carbons (Fsp3) is 0.125. The van der Waals surface area contributed by atoms with Crippen LogP contribution in [0.5, 0.6) is 0 Å². The maximum Gasteiger partial charge on any atom is 0.257 e. The number of aromatic amines is 1. The number of aromatic nitrogens is 3. The van der Waals surface area contributed by atoms with Crippen LogP contribution < -0.4 is 5.32 Å². The minimum absolute atomic E-state index is 0.108. The van der Waals surface area contributed by atoms with E-state index in [0.717, 1.165) is 23.0 Å². The van der Waals surface area contributed by atoms with Crippen molar-refractivity contribution in [3.63, 3.8) is 0 Å². The maximum atomic E-state index is 13.5. The topological polar surface area (TPSA) is 73.9 Å². The highest BCUT2D eigenvalue weighted by molar-refractivity contribution is 6.00. The molecule has 3 aromatic heterocycles. The van der Waals surface area contributed by atoms with Crippen LogP contribution in [0.2, 0.25) is 0 Å². The third-order valence-corrected chi connectivity index (χ3v) is 5.42. The molecule has 0 radical (unpaired) electrons. The second-order valence-electron chi connectivity index (χ2n) is 7.37. The third-order valence-electron chi connectivity index (χ3n) is 5.42. The third kappa shape index (κ3) is 3.77. The molecule has 1 aromatic carbocycles. The summed E-state index contributed by atoms with van der Waals surface area (Å²) in [7, 11) is 0. The van der Waals surface area contributed by atoms with E-state index in [0.29, 0.717) is 30.2 Å². The number of hydrogen-bond donors (Lipinski definition) is 2. The lowest BCUT2D eigenvalue weighted by Crippen LogP contribution is -2.35. The largest absolute Gasteiger partial charge is 0.346 e. The van der Waals surface area contributed by atoms with E-state index in [1.807, 2.05) is 18.3 Å². The molecule has 1 amide bonds. The van der Waals surface area contributed by atoms with Crippen molar-refractivity contribution in [3.8, 4) is 0 Å². The first-order valence-electron chi connectivity index (χ1n) is 10.1. The van der Waals surface area contributed by atoms with E-state index in [9.17, 15) is 9.18 Å². The number of nitrogens with zero attached hydrogens (tertiary/aromatic N) is 3. The minimum atomic E-state index is -0.352. The number of carbonyl (C=O) groups excluding carboxylic acids is 1. The molecule has 0 saturated heterocycles. The zero-order valence-electron chi connectivity index (χ0n) is 16.7. The first kappa shape index (κ1) is 19.0. The average Bonchev–Trinajstić information content (AvgIpc) is 3.23. The van der Waals surface area contributed by atoms with Gasteiger partial charge in [-0.15, -0.1) is 0 Å². The van der Waals surface area contributed by atoms with E-state index in [-0.39, 0.29) is 11.7 Å². The van der Waals surface area contributed by atoms with Crippen LogP contribution in [0, 0.1) is 5.82 Å². The van der Waals surface area contributed by atoms with E-state index in [1.54, 1.807) is 41.6 Å². The summed E-state index contributed by atoms with van der Waals surface area (Å²) in [6.45, 7) is 1.11. The highest BCUT2D eigenvalue weighted by atomic mass is 19.1. The van der Waals surface area contributed by atoms with Crippen LogP contribution in [0.25, 0.3) is 16.6 Å². The molecule has 4 aromatic rings. The maximum absolute atomic E-state index is 13.5. The predicted molar refractivity (Wildman–Crippen MR) is 119 cm³/mol. The van der Waals surface area contributed by atoms with Crippen LogP contribution in [-0.2, 0) is 0 Å². The van der Waals surface area contributed by atoms with Gasteiger partial charge in [-0.05, 0) is 54.5 Å². The Labute approximate surface area is 178 Å². The van der Waals surface area contributed by atoms with Gasteiger partial charge in [-0.3, -0.25) is 4.79 Å². The number of benzene rings is 1. The van der Waals surface area contributed by atoms with E-state index in [1.165, 1.54) is 17.7 Å². The lowest BCUT2D eigenvalue weighted by Gasteiger charge is -2.27. The van der Waals surface area contributed by atoms with Crippen molar-refractivity contribution in [2.75, 3.05) is 18.4 Å². The second kappa shape index (κ2) is 8.02. The molecule has 6 nitrogen and oxygen atoms in total. The SMILES string of the molecule is O=C(c1cccnc1Nc1cccc(F)c1)N1CC=C(c2c[nH]c3ncccc23)CC1. The molecular weight excluding hydrogens is 393 g/mol. The van der Waals surface area contributed by atoms with Crippen molar-refractivity contribution in [1.82, 2.24) is 19.9 Å². The lowest BCUT2D eigenvalue weighted by atomic mass is 9.99. The Hall–Kier alpha value is -4.00. The predicted octanol–water partition coefficient (Wildman–Crippen LogP) is 4.77. The Kier molecular flexibility index (Phi) is 4.92. The number of amides is 1. The van der Waals surface area contributed by atoms with Gasteiger partial charge < -0.3 is 15.2 Å². The fourth-order valence-electron chi connectivity index (χ4n) is 3.87. The molecule has 7 heteroatoms. The number of carbonyl (C=O) groups is 1. The monoisotopic (exact) mass is 413 g/mol. The molecule has 5 rings (SSSR count). The smallest absolute Gasteiger partial charge is 0.257 e. The van der Waals surface area contributed by atoms with E-state index in [2.05, 4.69) is 26.3 Å². The van der Waals surface area contributed by atoms with Gasteiger partial charge >= 0.3 is 0 Å². The van der Waals surface area contributed by atoms with Crippen molar-refractivity contribution in [2.24, 2.45) is 0 Å². The Morgan fingerprint density at radius 1 is 1.10 bits per heavy atom. The zero-order valence-corrected chi connectivity index (χ0v) is 16.7. The summed E-state index contributed by atoms with van der Waals surface area (Å²) >= 11 is 0. The number of anilines is 2. The summed E-state index contributed by atoms with van der Waals surface area (Å²) in [6, 6.07) is 13.5. The highest BCUT2D eigenvalue weighted by Crippen LogP contribution is 2.29. The van der Waals surface area contributed by atoms with Crippen molar-refractivity contribution in [1.29, 1.82) is 0 Å². The Morgan fingerprint density at radius 2 is 1.97 bits per heavy atom. The molecule has 0 fully saturated rings. The molecule has 0 spiro atoms. The Morgan fingerprint density at radius 3 is 2.81 bits per heavy atom. The lowest BCUT2D eigenvalue weighted by molar-refractivity contribution is 0.0773. The number of H-pyrrole nitrogens is 1. The van der Waals surface area contributed by atoms with Crippen LogP contribution in [-0.4, -0.2) is 38.8 Å². The molecule has 0 aliphatic carbocycles. The standard InChI is InChI=1S/C24H20FN5O/c25-17-4-1-5-18(14-17)29-23-20(7-3-11-27-23)24(31)30-12-8-16(9-13-30)21-15-28-22-19(21)6-2-10-26-22/h1-8,10-11,14-15H,9,12-13H2,(H,26,28)(H,27,29). The number of halogens is 1. The quantitative estimate of drug-likeness (QED) is 0.505. The molecule has 2 N–H and O–H groups in total. The van der Waals surface area contributed by atoms with Gasteiger partial charge in [0.1, 0.15) is 17.3 Å². The van der Waals surface area contributed by atoms with Gasteiger partial charge in [-0.25, -0.2) is 14.4 Å². The number of rotatable bonds is 4. The van der Waals surface area contributed by atoms with Gasteiger partial charge in [0, 0.05) is 48.3 Å². The summed E-state index contributed by atoms with van der Waals surface area (Å²) in [5.74, 6) is -0.0477. The van der Waals surface area contributed by atoms with E-state index < -0.39 is 0 Å². The number of hydrogen-bond acceptors (Lipinski definition) is 4. The summed E-state index contributed by atoms with van der Waals surface area (Å²) in [5, 5.41) is 4.15. The van der Waals surface area contributed by atoms with Crippen molar-refractivity contribution in [3.05, 3.63) is 90.1 Å². The molecule has 1 aliphatic heterocycles. The number of fused-ring (bicyclic) bond motifs is 1. The van der Waals surface area contributed by atoms with Gasteiger partial charge in [-0.2, -0.15) is 0 Å². The molecule has 1 aliphatic rings. The summed E-state index contributed by atoms with van der Waals surface area (Å²) in [5.41, 5.74) is 4.19. The van der Waals surface area contributed by atoms with Crippen LogP contribution in [0.1, 0.15) is 22.3 Å². The fourth-order valence-corrected chi connectivity index (χ4v) is 3.87. The molecule has 31 heavy (non-hydrogen) atoms. The van der Waals surface area contributed by atoms with E-state index >= 15 is 0 Å². The first-order valence-corrected chi connectivity index (χ1v) is 10.1. The zero-order chi connectivity index (χ0) is 21.2.